The predicted molar refractivity (Wildman–Crippen MR) is 74.4 cm³/mol. The highest BCUT2D eigenvalue weighted by Gasteiger charge is 2.30. The zero-order valence-electron chi connectivity index (χ0n) is 10.4. The number of halogens is 1. The van der Waals surface area contributed by atoms with Crippen molar-refractivity contribution in [3.8, 4) is 0 Å². The summed E-state index contributed by atoms with van der Waals surface area (Å²) in [6.45, 7) is 0.907. The van der Waals surface area contributed by atoms with E-state index in [-0.39, 0.29) is 22.4 Å². The number of nitrogen functional groups attached to an aromatic ring is 1. The Bertz CT molecular complexity index is 554. The van der Waals surface area contributed by atoms with E-state index in [4.69, 9.17) is 22.4 Å². The average molecular weight is 305 g/mol. The van der Waals surface area contributed by atoms with E-state index in [1.54, 1.807) is 6.07 Å². The maximum absolute atomic E-state index is 12.5. The normalized spacial score (nSPS) is 18.6. The number of hydrogen-bond acceptors (Lipinski definition) is 4. The molecule has 0 bridgehead atoms. The lowest BCUT2D eigenvalue weighted by Crippen LogP contribution is -2.39. The van der Waals surface area contributed by atoms with Gasteiger partial charge in [-0.3, -0.25) is 0 Å². The van der Waals surface area contributed by atoms with E-state index in [0.717, 1.165) is 0 Å². The van der Waals surface area contributed by atoms with Crippen LogP contribution in [-0.4, -0.2) is 37.5 Å². The van der Waals surface area contributed by atoms with Crippen LogP contribution in [0, 0.1) is 5.92 Å². The van der Waals surface area contributed by atoms with Crippen molar-refractivity contribution in [2.75, 3.05) is 25.4 Å². The molecule has 1 fully saturated rings. The van der Waals surface area contributed by atoms with Gasteiger partial charge in [-0.05, 0) is 37.0 Å². The number of hydrogen-bond donors (Lipinski definition) is 2. The second-order valence-corrected chi connectivity index (χ2v) is 7.03. The van der Waals surface area contributed by atoms with E-state index in [1.807, 2.05) is 0 Å². The van der Waals surface area contributed by atoms with Crippen LogP contribution in [0.3, 0.4) is 0 Å². The van der Waals surface area contributed by atoms with Gasteiger partial charge in [-0.1, -0.05) is 11.6 Å². The molecule has 7 heteroatoms. The third kappa shape index (κ3) is 3.02. The fourth-order valence-electron chi connectivity index (χ4n) is 2.19. The standard InChI is InChI=1S/C12H17ClN2O3S/c13-11-2-1-10(14)7-12(11)19(17,18)15-5-3-9(8-16)4-6-15/h1-2,7,9,16H,3-6,8,14H2. The second kappa shape index (κ2) is 5.66. The van der Waals surface area contributed by atoms with Gasteiger partial charge in [0, 0.05) is 25.4 Å². The molecule has 3 N–H and O–H groups in total. The summed E-state index contributed by atoms with van der Waals surface area (Å²) < 4.78 is 26.4. The fourth-order valence-corrected chi connectivity index (χ4v) is 4.17. The van der Waals surface area contributed by atoms with Crippen molar-refractivity contribution in [2.24, 2.45) is 5.92 Å². The molecule has 1 heterocycles. The first-order valence-electron chi connectivity index (χ1n) is 6.11. The minimum atomic E-state index is -3.61. The number of sulfonamides is 1. The molecule has 5 nitrogen and oxygen atoms in total. The molecule has 0 spiro atoms. The first kappa shape index (κ1) is 14.6. The number of aliphatic hydroxyl groups is 1. The Morgan fingerprint density at radius 2 is 2.00 bits per heavy atom. The number of nitrogens with zero attached hydrogens (tertiary/aromatic N) is 1. The van der Waals surface area contributed by atoms with Gasteiger partial charge in [0.25, 0.3) is 0 Å². The van der Waals surface area contributed by atoms with Crippen LogP contribution in [0.25, 0.3) is 0 Å². The van der Waals surface area contributed by atoms with Crippen molar-refractivity contribution < 1.29 is 13.5 Å². The van der Waals surface area contributed by atoms with Crippen LogP contribution in [0.4, 0.5) is 5.69 Å². The van der Waals surface area contributed by atoms with Crippen LogP contribution in [0.5, 0.6) is 0 Å². The Balaban J connectivity index is 2.26. The van der Waals surface area contributed by atoms with Gasteiger partial charge in [0.1, 0.15) is 4.90 Å². The predicted octanol–water partition coefficient (Wildman–Crippen LogP) is 1.32. The topological polar surface area (TPSA) is 83.6 Å². The molecule has 19 heavy (non-hydrogen) atoms. The van der Waals surface area contributed by atoms with Gasteiger partial charge in [-0.15, -0.1) is 0 Å². The highest BCUT2D eigenvalue weighted by Crippen LogP contribution is 2.29. The summed E-state index contributed by atoms with van der Waals surface area (Å²) in [5, 5.41) is 9.25. The Kier molecular flexibility index (Phi) is 4.35. The molecule has 1 aromatic rings. The second-order valence-electron chi connectivity index (χ2n) is 4.72. The number of aliphatic hydroxyl groups excluding tert-OH is 1. The molecule has 106 valence electrons. The van der Waals surface area contributed by atoms with Crippen LogP contribution in [0.1, 0.15) is 12.8 Å². The van der Waals surface area contributed by atoms with Crippen molar-refractivity contribution in [3.05, 3.63) is 23.2 Å². The summed E-state index contributed by atoms with van der Waals surface area (Å²) in [4.78, 5) is 0.0524. The first-order chi connectivity index (χ1) is 8.95. The molecule has 0 radical (unpaired) electrons. The van der Waals surface area contributed by atoms with Gasteiger partial charge < -0.3 is 10.8 Å². The summed E-state index contributed by atoms with van der Waals surface area (Å²) in [6, 6.07) is 4.44. The molecule has 2 rings (SSSR count). The van der Waals surface area contributed by atoms with Gasteiger partial charge in [-0.2, -0.15) is 4.31 Å². The summed E-state index contributed by atoms with van der Waals surface area (Å²) in [7, 11) is -3.61. The number of piperidine rings is 1. The van der Waals surface area contributed by atoms with Gasteiger partial charge in [-0.25, -0.2) is 8.42 Å². The van der Waals surface area contributed by atoms with E-state index in [0.29, 0.717) is 31.6 Å². The van der Waals surface area contributed by atoms with Crippen molar-refractivity contribution >= 4 is 27.3 Å². The van der Waals surface area contributed by atoms with E-state index < -0.39 is 10.0 Å². The van der Waals surface area contributed by atoms with Crippen molar-refractivity contribution in [1.82, 2.24) is 4.31 Å². The van der Waals surface area contributed by atoms with E-state index >= 15 is 0 Å². The zero-order valence-corrected chi connectivity index (χ0v) is 12.0. The molecule has 1 saturated heterocycles. The molecule has 0 aromatic heterocycles. The third-order valence-electron chi connectivity index (χ3n) is 3.40. The van der Waals surface area contributed by atoms with Crippen molar-refractivity contribution in [2.45, 2.75) is 17.7 Å². The third-order valence-corrected chi connectivity index (χ3v) is 5.78. The first-order valence-corrected chi connectivity index (χ1v) is 7.93. The van der Waals surface area contributed by atoms with Crippen LogP contribution >= 0.6 is 11.6 Å². The monoisotopic (exact) mass is 304 g/mol. The molecule has 0 unspecified atom stereocenters. The minimum absolute atomic E-state index is 0.0524. The van der Waals surface area contributed by atoms with Crippen molar-refractivity contribution in [3.63, 3.8) is 0 Å². The van der Waals surface area contributed by atoms with E-state index in [9.17, 15) is 8.42 Å². The Labute approximate surface area is 118 Å². The lowest BCUT2D eigenvalue weighted by molar-refractivity contribution is 0.170. The molecule has 0 saturated carbocycles. The quantitative estimate of drug-likeness (QED) is 0.825. The number of nitrogens with two attached hydrogens (primary N) is 1. The summed E-state index contributed by atoms with van der Waals surface area (Å²) in [5.74, 6) is 0.183. The summed E-state index contributed by atoms with van der Waals surface area (Å²) >= 11 is 5.95. The maximum atomic E-state index is 12.5. The zero-order chi connectivity index (χ0) is 14.0. The SMILES string of the molecule is Nc1ccc(Cl)c(S(=O)(=O)N2CCC(CO)CC2)c1. The highest BCUT2D eigenvalue weighted by molar-refractivity contribution is 7.89. The summed E-state index contributed by atoms with van der Waals surface area (Å²) in [6.07, 6.45) is 1.32. The Morgan fingerprint density at radius 3 is 2.58 bits per heavy atom. The van der Waals surface area contributed by atoms with Crippen LogP contribution in [0.15, 0.2) is 23.1 Å². The van der Waals surface area contributed by atoms with Crippen LogP contribution < -0.4 is 5.73 Å². The van der Waals surface area contributed by atoms with Gasteiger partial charge in [0.15, 0.2) is 0 Å². The lowest BCUT2D eigenvalue weighted by atomic mass is 10.00. The summed E-state index contributed by atoms with van der Waals surface area (Å²) in [5.41, 5.74) is 5.99. The van der Waals surface area contributed by atoms with Crippen molar-refractivity contribution in [1.29, 1.82) is 0 Å². The maximum Gasteiger partial charge on any atom is 0.244 e. The van der Waals surface area contributed by atoms with Crippen LogP contribution in [0.2, 0.25) is 5.02 Å². The van der Waals surface area contributed by atoms with Gasteiger partial charge >= 0.3 is 0 Å². The molecule has 1 aliphatic rings. The smallest absolute Gasteiger partial charge is 0.244 e. The largest absolute Gasteiger partial charge is 0.399 e. The molecule has 1 aromatic carbocycles. The van der Waals surface area contributed by atoms with E-state index in [1.165, 1.54) is 16.4 Å². The molecule has 0 amide bonds. The number of anilines is 1. The molecule has 0 atom stereocenters. The van der Waals surface area contributed by atoms with Gasteiger partial charge in [0.2, 0.25) is 10.0 Å². The average Bonchev–Trinajstić information content (AvgIpc) is 2.41. The molecule has 1 aliphatic heterocycles. The highest BCUT2D eigenvalue weighted by atomic mass is 35.5. The molecular formula is C12H17ClN2O3S. The number of benzene rings is 1. The van der Waals surface area contributed by atoms with Crippen LogP contribution in [-0.2, 0) is 10.0 Å². The number of rotatable bonds is 3. The Hall–Kier alpha value is -0.820. The fraction of sp³-hybridized carbons (Fsp3) is 0.500. The van der Waals surface area contributed by atoms with E-state index in [2.05, 4.69) is 0 Å². The minimum Gasteiger partial charge on any atom is -0.399 e. The Morgan fingerprint density at radius 1 is 1.37 bits per heavy atom. The molecular weight excluding hydrogens is 288 g/mol. The van der Waals surface area contributed by atoms with Gasteiger partial charge in [0.05, 0.1) is 5.02 Å². The molecule has 0 aliphatic carbocycles. The lowest BCUT2D eigenvalue weighted by Gasteiger charge is -2.30.